The number of hydrogen-bond acceptors (Lipinski definition) is 2. The number of carbonyl (C=O) groups is 1. The van der Waals surface area contributed by atoms with Gasteiger partial charge in [-0.1, -0.05) is 26.0 Å². The molecule has 3 nitrogen and oxygen atoms in total. The first-order chi connectivity index (χ1) is 9.65. The van der Waals surface area contributed by atoms with Crippen molar-refractivity contribution in [3.05, 3.63) is 34.9 Å². The fraction of sp³-hybridized carbons (Fsp3) is 0.588. The third-order valence-electron chi connectivity index (χ3n) is 4.42. The number of benzene rings is 1. The first kappa shape index (κ1) is 13.6. The molecule has 3 heteroatoms. The van der Waals surface area contributed by atoms with Crippen molar-refractivity contribution in [2.45, 2.75) is 45.1 Å². The summed E-state index contributed by atoms with van der Waals surface area (Å²) >= 11 is 0. The normalized spacial score (nSPS) is 22.4. The van der Waals surface area contributed by atoms with E-state index in [9.17, 15) is 4.79 Å². The quantitative estimate of drug-likeness (QED) is 0.847. The number of nitrogens with zero attached hydrogens (tertiary/aromatic N) is 1. The molecule has 0 saturated carbocycles. The van der Waals surface area contributed by atoms with Gasteiger partial charge in [0, 0.05) is 25.3 Å². The van der Waals surface area contributed by atoms with Crippen molar-refractivity contribution < 1.29 is 9.53 Å². The minimum atomic E-state index is 0.184. The minimum Gasteiger partial charge on any atom is -0.376 e. The highest BCUT2D eigenvalue weighted by Crippen LogP contribution is 2.25. The van der Waals surface area contributed by atoms with Crippen molar-refractivity contribution in [1.82, 2.24) is 4.90 Å². The second kappa shape index (κ2) is 5.57. The summed E-state index contributed by atoms with van der Waals surface area (Å²) in [5.41, 5.74) is 3.35. The van der Waals surface area contributed by atoms with Crippen LogP contribution in [0.5, 0.6) is 0 Å². The number of amides is 1. The minimum absolute atomic E-state index is 0.184. The fourth-order valence-corrected chi connectivity index (χ4v) is 3.11. The van der Waals surface area contributed by atoms with Gasteiger partial charge in [-0.2, -0.15) is 0 Å². The van der Waals surface area contributed by atoms with E-state index in [2.05, 4.69) is 32.0 Å². The maximum Gasteiger partial charge on any atom is 0.254 e. The van der Waals surface area contributed by atoms with E-state index in [1.54, 1.807) is 0 Å². The molecule has 2 aliphatic rings. The van der Waals surface area contributed by atoms with Crippen LogP contribution in [0.25, 0.3) is 0 Å². The van der Waals surface area contributed by atoms with E-state index in [0.717, 1.165) is 44.5 Å². The van der Waals surface area contributed by atoms with Gasteiger partial charge in [-0.3, -0.25) is 4.79 Å². The molecule has 20 heavy (non-hydrogen) atoms. The topological polar surface area (TPSA) is 29.5 Å². The lowest BCUT2D eigenvalue weighted by molar-refractivity contribution is 0.0510. The summed E-state index contributed by atoms with van der Waals surface area (Å²) in [5, 5.41) is 0. The smallest absolute Gasteiger partial charge is 0.254 e. The summed E-state index contributed by atoms with van der Waals surface area (Å²) in [6, 6.07) is 6.38. The molecule has 3 rings (SSSR count). The van der Waals surface area contributed by atoms with Crippen LogP contribution in [0, 0.1) is 0 Å². The molecule has 2 heterocycles. The van der Waals surface area contributed by atoms with Crippen LogP contribution in [0.15, 0.2) is 18.2 Å². The average Bonchev–Trinajstić information content (AvgIpc) is 2.94. The van der Waals surface area contributed by atoms with Crippen molar-refractivity contribution in [3.8, 4) is 0 Å². The monoisotopic (exact) mass is 273 g/mol. The molecule has 2 aliphatic heterocycles. The van der Waals surface area contributed by atoms with Gasteiger partial charge in [-0.25, -0.2) is 0 Å². The van der Waals surface area contributed by atoms with Gasteiger partial charge < -0.3 is 9.64 Å². The van der Waals surface area contributed by atoms with Gasteiger partial charge in [0.05, 0.1) is 6.10 Å². The Bertz CT molecular complexity index is 504. The van der Waals surface area contributed by atoms with Gasteiger partial charge >= 0.3 is 0 Å². The molecule has 0 aliphatic carbocycles. The van der Waals surface area contributed by atoms with Gasteiger partial charge in [0.15, 0.2) is 0 Å². The van der Waals surface area contributed by atoms with Crippen molar-refractivity contribution in [3.63, 3.8) is 0 Å². The van der Waals surface area contributed by atoms with Crippen molar-refractivity contribution >= 4 is 5.91 Å². The maximum absolute atomic E-state index is 12.6. The van der Waals surface area contributed by atoms with Crippen LogP contribution in [0.4, 0.5) is 0 Å². The van der Waals surface area contributed by atoms with E-state index in [1.165, 1.54) is 11.1 Å². The highest BCUT2D eigenvalue weighted by atomic mass is 16.5. The van der Waals surface area contributed by atoms with Gasteiger partial charge in [0.1, 0.15) is 0 Å². The van der Waals surface area contributed by atoms with E-state index in [0.29, 0.717) is 5.92 Å². The lowest BCUT2D eigenvalue weighted by Crippen LogP contribution is -2.42. The van der Waals surface area contributed by atoms with E-state index < -0.39 is 0 Å². The largest absolute Gasteiger partial charge is 0.376 e. The Kier molecular flexibility index (Phi) is 3.79. The Morgan fingerprint density at radius 3 is 2.95 bits per heavy atom. The highest BCUT2D eigenvalue weighted by molar-refractivity contribution is 5.97. The van der Waals surface area contributed by atoms with Crippen LogP contribution in [-0.2, 0) is 11.2 Å². The third kappa shape index (κ3) is 2.59. The second-order valence-electron chi connectivity index (χ2n) is 6.21. The van der Waals surface area contributed by atoms with Crippen molar-refractivity contribution in [2.75, 3.05) is 19.7 Å². The summed E-state index contributed by atoms with van der Waals surface area (Å²) in [4.78, 5) is 14.6. The van der Waals surface area contributed by atoms with Crippen molar-refractivity contribution in [2.24, 2.45) is 0 Å². The molecule has 1 unspecified atom stereocenters. The first-order valence-corrected chi connectivity index (χ1v) is 7.69. The Hall–Kier alpha value is -1.35. The molecule has 1 amide bonds. The maximum atomic E-state index is 12.6. The van der Waals surface area contributed by atoms with Crippen LogP contribution in [0.1, 0.15) is 54.1 Å². The van der Waals surface area contributed by atoms with Crippen LogP contribution in [0.3, 0.4) is 0 Å². The summed E-state index contributed by atoms with van der Waals surface area (Å²) < 4.78 is 5.66. The van der Waals surface area contributed by atoms with Gasteiger partial charge in [-0.05, 0) is 42.4 Å². The fourth-order valence-electron chi connectivity index (χ4n) is 3.11. The molecule has 0 radical (unpaired) electrons. The lowest BCUT2D eigenvalue weighted by Gasteiger charge is -2.31. The lowest BCUT2D eigenvalue weighted by atomic mass is 9.93. The summed E-state index contributed by atoms with van der Waals surface area (Å²) in [6.45, 7) is 6.76. The zero-order valence-electron chi connectivity index (χ0n) is 12.4. The molecule has 1 atom stereocenters. The molecule has 108 valence electrons. The standard InChI is InChI=1S/C17H23NO2/c1-12(2)14-6-5-13-7-8-18(17(19)16(13)10-14)11-15-4-3-9-20-15/h5-6,10,12,15H,3-4,7-9,11H2,1-2H3. The zero-order chi connectivity index (χ0) is 14.1. The second-order valence-corrected chi connectivity index (χ2v) is 6.21. The van der Waals surface area contributed by atoms with Crippen LogP contribution < -0.4 is 0 Å². The summed E-state index contributed by atoms with van der Waals surface area (Å²) in [5.74, 6) is 0.644. The molecule has 0 aromatic heterocycles. The molecule has 0 bridgehead atoms. The van der Waals surface area contributed by atoms with E-state index in [4.69, 9.17) is 4.74 Å². The first-order valence-electron chi connectivity index (χ1n) is 7.69. The molecule has 1 aromatic rings. The number of hydrogen-bond donors (Lipinski definition) is 0. The number of rotatable bonds is 3. The molecule has 0 spiro atoms. The highest BCUT2D eigenvalue weighted by Gasteiger charge is 2.28. The number of fused-ring (bicyclic) bond motifs is 1. The SMILES string of the molecule is CC(C)c1ccc2c(c1)C(=O)N(CC1CCCO1)CC2. The predicted molar refractivity (Wildman–Crippen MR) is 79.1 cm³/mol. The molecule has 0 N–H and O–H groups in total. The van der Waals surface area contributed by atoms with Crippen LogP contribution in [-0.4, -0.2) is 36.6 Å². The Labute approximate surface area is 120 Å². The Morgan fingerprint density at radius 2 is 2.25 bits per heavy atom. The van der Waals surface area contributed by atoms with E-state index >= 15 is 0 Å². The average molecular weight is 273 g/mol. The van der Waals surface area contributed by atoms with Crippen LogP contribution in [0.2, 0.25) is 0 Å². The molecular weight excluding hydrogens is 250 g/mol. The Morgan fingerprint density at radius 1 is 1.40 bits per heavy atom. The molecule has 1 saturated heterocycles. The molecule has 1 fully saturated rings. The molecule has 1 aromatic carbocycles. The zero-order valence-corrected chi connectivity index (χ0v) is 12.4. The van der Waals surface area contributed by atoms with Crippen molar-refractivity contribution in [1.29, 1.82) is 0 Å². The van der Waals surface area contributed by atoms with E-state index in [-0.39, 0.29) is 12.0 Å². The van der Waals surface area contributed by atoms with Gasteiger partial charge in [0.25, 0.3) is 5.91 Å². The van der Waals surface area contributed by atoms with Crippen LogP contribution >= 0.6 is 0 Å². The Balaban J connectivity index is 1.79. The summed E-state index contributed by atoms with van der Waals surface area (Å²) in [6.07, 6.45) is 3.42. The summed E-state index contributed by atoms with van der Waals surface area (Å²) in [7, 11) is 0. The van der Waals surface area contributed by atoms with Gasteiger partial charge in [0.2, 0.25) is 0 Å². The third-order valence-corrected chi connectivity index (χ3v) is 4.42. The van der Waals surface area contributed by atoms with E-state index in [1.807, 2.05) is 4.90 Å². The molecular formula is C17H23NO2. The van der Waals surface area contributed by atoms with Gasteiger partial charge in [-0.15, -0.1) is 0 Å². The predicted octanol–water partition coefficient (Wildman–Crippen LogP) is 2.99. The number of carbonyl (C=O) groups excluding carboxylic acids is 1. The number of ether oxygens (including phenoxy) is 1.